The van der Waals surface area contributed by atoms with Gasteiger partial charge in [-0.3, -0.25) is 9.71 Å². The first-order valence-corrected chi connectivity index (χ1v) is 13.7. The van der Waals surface area contributed by atoms with Gasteiger partial charge in [0.05, 0.1) is 16.1 Å². The van der Waals surface area contributed by atoms with E-state index in [1.807, 2.05) is 0 Å². The highest BCUT2D eigenvalue weighted by Gasteiger charge is 2.44. The molecule has 0 spiro atoms. The molecule has 0 amide bonds. The molecule has 0 atom stereocenters. The van der Waals surface area contributed by atoms with E-state index in [1.54, 1.807) is 51.2 Å². The van der Waals surface area contributed by atoms with Gasteiger partial charge in [0.2, 0.25) is 5.82 Å². The molecule has 2 N–H and O–H groups in total. The van der Waals surface area contributed by atoms with Gasteiger partial charge in [-0.1, -0.05) is 39.0 Å². The van der Waals surface area contributed by atoms with Crippen molar-refractivity contribution in [1.29, 1.82) is 0 Å². The Balaban J connectivity index is 1.51. The number of benzene rings is 3. The van der Waals surface area contributed by atoms with Crippen LogP contribution in [0.15, 0.2) is 65.7 Å². The van der Waals surface area contributed by atoms with Crippen LogP contribution in [0.4, 0.5) is 18.9 Å². The maximum atomic E-state index is 14.9. The van der Waals surface area contributed by atoms with Gasteiger partial charge < -0.3 is 9.47 Å². The van der Waals surface area contributed by atoms with E-state index >= 15 is 0 Å². The van der Waals surface area contributed by atoms with Crippen molar-refractivity contribution in [2.45, 2.75) is 37.4 Å². The summed E-state index contributed by atoms with van der Waals surface area (Å²) in [6.07, 6.45) is -2.40. The molecule has 0 saturated heterocycles. The number of rotatable bonds is 5. The Morgan fingerprint density at radius 3 is 2.37 bits per heavy atom. The number of halogens is 3. The molecule has 0 aliphatic carbocycles. The number of tetrazole rings is 1. The second kappa shape index (κ2) is 9.16. The second-order valence-electron chi connectivity index (χ2n) is 10.3. The summed E-state index contributed by atoms with van der Waals surface area (Å²) in [5, 5.41) is 14.5. The van der Waals surface area contributed by atoms with E-state index in [4.69, 9.17) is 0 Å². The molecule has 1 aliphatic heterocycles. The van der Waals surface area contributed by atoms with Crippen molar-refractivity contribution in [1.82, 2.24) is 25.6 Å². The molecular weight excluding hydrogens is 561 g/mol. The maximum Gasteiger partial charge on any atom is 0.586 e. The second-order valence-corrected chi connectivity index (χ2v) is 12.0. The Kier molecular flexibility index (Phi) is 5.92. The van der Waals surface area contributed by atoms with Gasteiger partial charge in [0.1, 0.15) is 5.82 Å². The molecule has 3 aromatic carbocycles. The predicted molar refractivity (Wildman–Crippen MR) is 142 cm³/mol. The molecular formula is C27H21F3N6O4S. The van der Waals surface area contributed by atoms with Crippen molar-refractivity contribution < 1.29 is 31.1 Å². The third-order valence-electron chi connectivity index (χ3n) is 6.49. The van der Waals surface area contributed by atoms with Gasteiger partial charge >= 0.3 is 6.29 Å². The summed E-state index contributed by atoms with van der Waals surface area (Å²) in [4.78, 5) is 4.08. The van der Waals surface area contributed by atoms with Crippen LogP contribution in [-0.2, 0) is 15.4 Å². The molecule has 5 aromatic rings. The summed E-state index contributed by atoms with van der Waals surface area (Å²) in [6.45, 7) is 5.40. The van der Waals surface area contributed by atoms with Crippen molar-refractivity contribution >= 4 is 26.6 Å². The van der Waals surface area contributed by atoms with E-state index in [-0.39, 0.29) is 33.5 Å². The number of H-pyrrole nitrogens is 1. The topological polar surface area (TPSA) is 132 Å². The minimum Gasteiger partial charge on any atom is -0.395 e. The number of hydrogen-bond acceptors (Lipinski definition) is 8. The highest BCUT2D eigenvalue weighted by molar-refractivity contribution is 7.92. The summed E-state index contributed by atoms with van der Waals surface area (Å²) in [7, 11) is -4.39. The first-order chi connectivity index (χ1) is 19.3. The molecule has 3 heterocycles. The monoisotopic (exact) mass is 582 g/mol. The zero-order valence-corrected chi connectivity index (χ0v) is 22.6. The number of nitrogens with zero attached hydrogens (tertiary/aromatic N) is 4. The average molecular weight is 583 g/mol. The van der Waals surface area contributed by atoms with E-state index in [1.165, 1.54) is 18.2 Å². The lowest BCUT2D eigenvalue weighted by atomic mass is 9.87. The smallest absolute Gasteiger partial charge is 0.395 e. The van der Waals surface area contributed by atoms with Crippen LogP contribution in [0.5, 0.6) is 11.5 Å². The van der Waals surface area contributed by atoms with Gasteiger partial charge in [-0.05, 0) is 52.1 Å². The summed E-state index contributed by atoms with van der Waals surface area (Å²) >= 11 is 0. The number of sulfonamides is 1. The van der Waals surface area contributed by atoms with Crippen LogP contribution < -0.4 is 14.2 Å². The van der Waals surface area contributed by atoms with Crippen molar-refractivity contribution in [2.75, 3.05) is 4.72 Å². The summed E-state index contributed by atoms with van der Waals surface area (Å²) < 4.78 is 81.5. The number of alkyl halides is 2. The van der Waals surface area contributed by atoms with Gasteiger partial charge in [0, 0.05) is 28.8 Å². The van der Waals surface area contributed by atoms with E-state index < -0.39 is 27.6 Å². The Bertz CT molecular complexity index is 1930. The molecule has 0 unspecified atom stereocenters. The van der Waals surface area contributed by atoms with E-state index in [0.29, 0.717) is 27.6 Å². The van der Waals surface area contributed by atoms with Crippen molar-refractivity contribution in [3.8, 4) is 34.0 Å². The highest BCUT2D eigenvalue weighted by atomic mass is 32.2. The Hall–Kier alpha value is -4.72. The molecule has 210 valence electrons. The fourth-order valence-electron chi connectivity index (χ4n) is 4.64. The molecule has 6 rings (SSSR count). The van der Waals surface area contributed by atoms with Crippen molar-refractivity contribution in [3.05, 3.63) is 72.2 Å². The molecule has 0 fully saturated rings. The lowest BCUT2D eigenvalue weighted by Crippen LogP contribution is -2.25. The summed E-state index contributed by atoms with van der Waals surface area (Å²) in [5.74, 6) is -1.10. The van der Waals surface area contributed by atoms with Crippen LogP contribution in [0.25, 0.3) is 33.4 Å². The number of nitrogens with one attached hydrogen (secondary N) is 2. The molecule has 10 nitrogen and oxygen atoms in total. The van der Waals surface area contributed by atoms with E-state index in [2.05, 4.69) is 39.8 Å². The minimum atomic E-state index is -4.39. The van der Waals surface area contributed by atoms with Gasteiger partial charge in [-0.15, -0.1) is 19.0 Å². The van der Waals surface area contributed by atoms with Crippen LogP contribution in [0, 0.1) is 5.82 Å². The molecule has 2 aromatic heterocycles. The predicted octanol–water partition coefficient (Wildman–Crippen LogP) is 5.64. The number of anilines is 1. The average Bonchev–Trinajstić information content (AvgIpc) is 3.53. The van der Waals surface area contributed by atoms with Gasteiger partial charge in [-0.25, -0.2) is 12.8 Å². The minimum absolute atomic E-state index is 0.108. The van der Waals surface area contributed by atoms with Gasteiger partial charge in [0.25, 0.3) is 10.0 Å². The quantitative estimate of drug-likeness (QED) is 0.272. The largest absolute Gasteiger partial charge is 0.586 e. The standard InChI is InChI=1S/C27H21F3N6O4S/c1-26(2,3)19-9-6-14(11-20(19)28)41(37,38)34-21-13-23-22(39-27(29,30)40-23)12-18(21)15-7-8-17(25-32-35-36-33-25)24-16(15)5-4-10-31-24/h4-13,34H,1-3H3,(H,32,33,35,36). The summed E-state index contributed by atoms with van der Waals surface area (Å²) in [5.41, 5.74) is 1.25. The molecule has 0 saturated carbocycles. The molecule has 41 heavy (non-hydrogen) atoms. The number of fused-ring (bicyclic) bond motifs is 2. The Morgan fingerprint density at radius 1 is 0.951 bits per heavy atom. The number of pyridine rings is 1. The fourth-order valence-corrected chi connectivity index (χ4v) is 5.72. The molecule has 0 radical (unpaired) electrons. The maximum absolute atomic E-state index is 14.9. The van der Waals surface area contributed by atoms with Crippen LogP contribution in [0.3, 0.4) is 0 Å². The lowest BCUT2D eigenvalue weighted by Gasteiger charge is -2.20. The zero-order valence-electron chi connectivity index (χ0n) is 21.7. The van der Waals surface area contributed by atoms with Crippen molar-refractivity contribution in [2.24, 2.45) is 0 Å². The van der Waals surface area contributed by atoms with Gasteiger partial charge in [0.15, 0.2) is 11.5 Å². The van der Waals surface area contributed by atoms with E-state index in [9.17, 15) is 21.6 Å². The normalized spacial score (nSPS) is 14.4. The van der Waals surface area contributed by atoms with E-state index in [0.717, 1.165) is 12.1 Å². The third-order valence-corrected chi connectivity index (χ3v) is 7.85. The zero-order chi connectivity index (χ0) is 29.2. The van der Waals surface area contributed by atoms with Crippen LogP contribution in [-0.4, -0.2) is 40.3 Å². The van der Waals surface area contributed by atoms with Crippen LogP contribution >= 0.6 is 0 Å². The van der Waals surface area contributed by atoms with Crippen LogP contribution in [0.2, 0.25) is 0 Å². The van der Waals surface area contributed by atoms with Crippen LogP contribution in [0.1, 0.15) is 26.3 Å². The van der Waals surface area contributed by atoms with Crippen molar-refractivity contribution in [3.63, 3.8) is 0 Å². The first-order valence-electron chi connectivity index (χ1n) is 12.2. The lowest BCUT2D eigenvalue weighted by molar-refractivity contribution is -0.286. The number of aromatic nitrogens is 5. The molecule has 14 heteroatoms. The third kappa shape index (κ3) is 4.79. The molecule has 1 aliphatic rings. The highest BCUT2D eigenvalue weighted by Crippen LogP contribution is 2.48. The first kappa shape index (κ1) is 26.5. The Labute approximate surface area is 231 Å². The Morgan fingerprint density at radius 2 is 1.68 bits per heavy atom. The summed E-state index contributed by atoms with van der Waals surface area (Å²) in [6, 6.07) is 12.6. The van der Waals surface area contributed by atoms with Gasteiger partial charge in [-0.2, -0.15) is 5.21 Å². The number of hydrogen-bond donors (Lipinski definition) is 2. The molecule has 0 bridgehead atoms. The fraction of sp³-hybridized carbons (Fsp3) is 0.185. The number of ether oxygens (including phenoxy) is 2. The number of aromatic amines is 1. The SMILES string of the molecule is CC(C)(C)c1ccc(S(=O)(=O)Nc2cc3c(cc2-c2ccc(-c4nn[nH]n4)c4ncccc24)OC(F)(F)O3)cc1F.